The fourth-order valence-electron chi connectivity index (χ4n) is 2.83. The maximum atomic E-state index is 12.2. The standard InChI is InChI=1S/C20H23Cl3N2O5S/c1-29-18-7-6-13(9-19(18)30-2)12-24-20(26)5-4-8-25(31(3,27)28)17-11-15(22)14(21)10-16(17)23/h6-7,9-11H,4-5,8,12H2,1-3H3,(H,24,26). The summed E-state index contributed by atoms with van der Waals surface area (Å²) in [4.78, 5) is 12.2. The number of hydrogen-bond acceptors (Lipinski definition) is 5. The highest BCUT2D eigenvalue weighted by atomic mass is 35.5. The van der Waals surface area contributed by atoms with Crippen LogP contribution in [0.3, 0.4) is 0 Å². The van der Waals surface area contributed by atoms with Crippen molar-refractivity contribution < 1.29 is 22.7 Å². The smallest absolute Gasteiger partial charge is 0.232 e. The van der Waals surface area contributed by atoms with Gasteiger partial charge in [-0.15, -0.1) is 0 Å². The third kappa shape index (κ3) is 7.07. The second-order valence-corrected chi connectivity index (χ2v) is 9.75. The molecule has 170 valence electrons. The average Bonchev–Trinajstić information content (AvgIpc) is 2.71. The van der Waals surface area contributed by atoms with E-state index in [0.717, 1.165) is 16.1 Å². The summed E-state index contributed by atoms with van der Waals surface area (Å²) in [6.07, 6.45) is 1.46. The van der Waals surface area contributed by atoms with Gasteiger partial charge in [0, 0.05) is 19.5 Å². The molecule has 0 unspecified atom stereocenters. The zero-order chi connectivity index (χ0) is 23.2. The van der Waals surface area contributed by atoms with Crippen LogP contribution in [0, 0.1) is 0 Å². The first-order valence-electron chi connectivity index (χ1n) is 9.16. The van der Waals surface area contributed by atoms with Gasteiger partial charge in [0.05, 0.1) is 41.2 Å². The second kappa shape index (κ2) is 11.1. The Morgan fingerprint density at radius 3 is 2.26 bits per heavy atom. The monoisotopic (exact) mass is 508 g/mol. The van der Waals surface area contributed by atoms with Crippen LogP contribution in [-0.2, 0) is 21.4 Å². The van der Waals surface area contributed by atoms with Gasteiger partial charge in [-0.3, -0.25) is 9.10 Å². The quantitative estimate of drug-likeness (QED) is 0.476. The molecular weight excluding hydrogens is 487 g/mol. The number of hydrogen-bond donors (Lipinski definition) is 1. The molecule has 0 fully saturated rings. The summed E-state index contributed by atoms with van der Waals surface area (Å²) in [5.41, 5.74) is 1.05. The lowest BCUT2D eigenvalue weighted by atomic mass is 10.2. The molecule has 1 amide bonds. The van der Waals surface area contributed by atoms with Gasteiger partial charge in [0.15, 0.2) is 11.5 Å². The van der Waals surface area contributed by atoms with Crippen LogP contribution in [0.1, 0.15) is 18.4 Å². The van der Waals surface area contributed by atoms with E-state index in [1.165, 1.54) is 19.2 Å². The zero-order valence-corrected chi connectivity index (χ0v) is 20.3. The van der Waals surface area contributed by atoms with E-state index in [0.29, 0.717) is 18.0 Å². The third-order valence-electron chi connectivity index (χ3n) is 4.36. The topological polar surface area (TPSA) is 84.9 Å². The molecule has 11 heteroatoms. The number of nitrogens with one attached hydrogen (secondary N) is 1. The summed E-state index contributed by atoms with van der Waals surface area (Å²) in [7, 11) is -0.566. The number of benzene rings is 2. The molecular formula is C20H23Cl3N2O5S. The van der Waals surface area contributed by atoms with Crippen LogP contribution < -0.4 is 19.1 Å². The largest absolute Gasteiger partial charge is 0.493 e. The first-order chi connectivity index (χ1) is 14.6. The fourth-order valence-corrected chi connectivity index (χ4v) is 4.49. The highest BCUT2D eigenvalue weighted by Gasteiger charge is 2.21. The molecule has 0 aliphatic carbocycles. The van der Waals surface area contributed by atoms with Crippen molar-refractivity contribution in [1.29, 1.82) is 0 Å². The maximum absolute atomic E-state index is 12.2. The Bertz CT molecular complexity index is 1050. The number of sulfonamides is 1. The number of anilines is 1. The van der Waals surface area contributed by atoms with E-state index in [1.807, 2.05) is 6.07 Å². The van der Waals surface area contributed by atoms with Gasteiger partial charge < -0.3 is 14.8 Å². The number of rotatable bonds is 10. The van der Waals surface area contributed by atoms with Crippen LogP contribution in [0.2, 0.25) is 15.1 Å². The van der Waals surface area contributed by atoms with E-state index in [-0.39, 0.29) is 46.0 Å². The summed E-state index contributed by atoms with van der Waals surface area (Å²) in [5, 5.41) is 3.35. The minimum absolute atomic E-state index is 0.0558. The molecule has 31 heavy (non-hydrogen) atoms. The number of methoxy groups -OCH3 is 2. The van der Waals surface area contributed by atoms with E-state index in [4.69, 9.17) is 44.3 Å². The molecule has 0 atom stereocenters. The van der Waals surface area contributed by atoms with Crippen LogP contribution in [0.25, 0.3) is 0 Å². The van der Waals surface area contributed by atoms with Gasteiger partial charge in [-0.25, -0.2) is 8.42 Å². The number of ether oxygens (including phenoxy) is 2. The summed E-state index contributed by atoms with van der Waals surface area (Å²) in [6.45, 7) is 0.355. The molecule has 2 rings (SSSR count). The molecule has 7 nitrogen and oxygen atoms in total. The van der Waals surface area contributed by atoms with Crippen molar-refractivity contribution in [3.05, 3.63) is 51.0 Å². The molecule has 0 bridgehead atoms. The number of nitrogens with zero attached hydrogens (tertiary/aromatic N) is 1. The molecule has 0 aliphatic heterocycles. The van der Waals surface area contributed by atoms with Gasteiger partial charge in [-0.1, -0.05) is 40.9 Å². The number of amides is 1. The van der Waals surface area contributed by atoms with Gasteiger partial charge >= 0.3 is 0 Å². The summed E-state index contributed by atoms with van der Waals surface area (Å²) < 4.78 is 36.0. The molecule has 0 radical (unpaired) electrons. The van der Waals surface area contributed by atoms with E-state index < -0.39 is 10.0 Å². The molecule has 0 aromatic heterocycles. The van der Waals surface area contributed by atoms with Crippen molar-refractivity contribution in [3.63, 3.8) is 0 Å². The van der Waals surface area contributed by atoms with Crippen molar-refractivity contribution in [3.8, 4) is 11.5 Å². The Kier molecular flexibility index (Phi) is 9.12. The Balaban J connectivity index is 1.97. The fraction of sp³-hybridized carbons (Fsp3) is 0.350. The predicted molar refractivity (Wildman–Crippen MR) is 124 cm³/mol. The van der Waals surface area contributed by atoms with Crippen LogP contribution in [0.4, 0.5) is 5.69 Å². The van der Waals surface area contributed by atoms with Crippen LogP contribution in [0.15, 0.2) is 30.3 Å². The Labute approximate surface area is 197 Å². The summed E-state index contributed by atoms with van der Waals surface area (Å²) in [5.74, 6) is 0.944. The highest BCUT2D eigenvalue weighted by Crippen LogP contribution is 2.35. The van der Waals surface area contributed by atoms with Crippen molar-refractivity contribution in [2.75, 3.05) is 31.3 Å². The summed E-state index contributed by atoms with van der Waals surface area (Å²) in [6, 6.07) is 8.13. The first kappa shape index (κ1) is 25.4. The minimum Gasteiger partial charge on any atom is -0.493 e. The Morgan fingerprint density at radius 2 is 1.65 bits per heavy atom. The lowest BCUT2D eigenvalue weighted by Gasteiger charge is -2.24. The van der Waals surface area contributed by atoms with Gasteiger partial charge in [0.1, 0.15) is 0 Å². The average molecular weight is 510 g/mol. The van der Waals surface area contributed by atoms with E-state index in [2.05, 4.69) is 5.32 Å². The maximum Gasteiger partial charge on any atom is 0.232 e. The van der Waals surface area contributed by atoms with E-state index in [9.17, 15) is 13.2 Å². The molecule has 2 aromatic carbocycles. The molecule has 2 aromatic rings. The van der Waals surface area contributed by atoms with Gasteiger partial charge in [-0.05, 0) is 36.2 Å². The van der Waals surface area contributed by atoms with Gasteiger partial charge in [-0.2, -0.15) is 0 Å². The molecule has 0 aliphatic rings. The Morgan fingerprint density at radius 1 is 1.00 bits per heavy atom. The highest BCUT2D eigenvalue weighted by molar-refractivity contribution is 7.92. The number of halogens is 3. The van der Waals surface area contributed by atoms with Crippen LogP contribution in [-0.4, -0.2) is 41.3 Å². The number of carbonyl (C=O) groups excluding carboxylic acids is 1. The van der Waals surface area contributed by atoms with Crippen LogP contribution in [0.5, 0.6) is 11.5 Å². The second-order valence-electron chi connectivity index (χ2n) is 6.62. The lowest BCUT2D eigenvalue weighted by Crippen LogP contribution is -2.32. The summed E-state index contributed by atoms with van der Waals surface area (Å²) >= 11 is 18.1. The minimum atomic E-state index is -3.65. The lowest BCUT2D eigenvalue weighted by molar-refractivity contribution is -0.121. The Hall–Kier alpha value is -1.87. The SMILES string of the molecule is COc1ccc(CNC(=O)CCCN(c2cc(Cl)c(Cl)cc2Cl)S(C)(=O)=O)cc1OC. The van der Waals surface area contributed by atoms with E-state index >= 15 is 0 Å². The van der Waals surface area contributed by atoms with Crippen molar-refractivity contribution in [2.24, 2.45) is 0 Å². The van der Waals surface area contributed by atoms with Crippen LogP contribution >= 0.6 is 34.8 Å². The van der Waals surface area contributed by atoms with Crippen molar-refractivity contribution in [2.45, 2.75) is 19.4 Å². The molecule has 0 spiro atoms. The van der Waals surface area contributed by atoms with Gasteiger partial charge in [0.25, 0.3) is 0 Å². The first-order valence-corrected chi connectivity index (χ1v) is 12.1. The third-order valence-corrected chi connectivity index (χ3v) is 6.57. The zero-order valence-electron chi connectivity index (χ0n) is 17.2. The predicted octanol–water partition coefficient (Wildman–Crippen LogP) is 4.53. The van der Waals surface area contributed by atoms with E-state index in [1.54, 1.807) is 19.2 Å². The van der Waals surface area contributed by atoms with Gasteiger partial charge in [0.2, 0.25) is 15.9 Å². The van der Waals surface area contributed by atoms with Crippen molar-refractivity contribution >= 4 is 56.4 Å². The molecule has 0 saturated carbocycles. The molecule has 1 N–H and O–H groups in total. The normalized spacial score (nSPS) is 11.2. The van der Waals surface area contributed by atoms with Crippen molar-refractivity contribution in [1.82, 2.24) is 5.32 Å². The number of carbonyl (C=O) groups is 1. The molecule has 0 heterocycles. The molecule has 0 saturated heterocycles.